The molecule has 0 unspecified atom stereocenters. The van der Waals surface area contributed by atoms with Gasteiger partial charge in [0, 0.05) is 11.8 Å². The average Bonchev–Trinajstić information content (AvgIpc) is 3.20. The Kier molecular flexibility index (Phi) is 6.09. The maximum atomic E-state index is 12.8. The summed E-state index contributed by atoms with van der Waals surface area (Å²) in [5.74, 6) is -1.17. The average molecular weight is 444 g/mol. The molecule has 0 bridgehead atoms. The predicted molar refractivity (Wildman–Crippen MR) is 125 cm³/mol. The predicted octanol–water partition coefficient (Wildman–Crippen LogP) is 5.12. The summed E-state index contributed by atoms with van der Waals surface area (Å²) < 4.78 is 0. The SMILES string of the molecule is Cc1ccc(-c2nc(C)c(C(=O)NCc3cc(-c4cccc(C(=O)O)c4)ccn3)s2)cc1. The molecule has 0 aliphatic carbocycles. The van der Waals surface area contributed by atoms with Crippen molar-refractivity contribution in [1.29, 1.82) is 0 Å². The van der Waals surface area contributed by atoms with Crippen molar-refractivity contribution in [2.45, 2.75) is 20.4 Å². The first-order valence-electron chi connectivity index (χ1n) is 10.0. The van der Waals surface area contributed by atoms with Crippen molar-refractivity contribution in [3.63, 3.8) is 0 Å². The molecular formula is C25H21N3O3S. The molecule has 7 heteroatoms. The Morgan fingerprint density at radius 1 is 0.969 bits per heavy atom. The monoisotopic (exact) mass is 443 g/mol. The first-order chi connectivity index (χ1) is 15.4. The number of hydrogen-bond donors (Lipinski definition) is 2. The molecule has 160 valence electrons. The number of aryl methyl sites for hydroxylation is 2. The van der Waals surface area contributed by atoms with Gasteiger partial charge in [0.25, 0.3) is 5.91 Å². The molecule has 1 amide bonds. The van der Waals surface area contributed by atoms with Gasteiger partial charge >= 0.3 is 5.97 Å². The Morgan fingerprint density at radius 2 is 1.72 bits per heavy atom. The van der Waals surface area contributed by atoms with Crippen molar-refractivity contribution < 1.29 is 14.7 Å². The van der Waals surface area contributed by atoms with Crippen LogP contribution in [0.1, 0.15) is 37.0 Å². The summed E-state index contributed by atoms with van der Waals surface area (Å²) >= 11 is 1.37. The highest BCUT2D eigenvalue weighted by molar-refractivity contribution is 7.17. The van der Waals surface area contributed by atoms with Crippen molar-refractivity contribution in [3.05, 3.63) is 94.3 Å². The number of pyridine rings is 1. The van der Waals surface area contributed by atoms with Crippen LogP contribution in [0, 0.1) is 13.8 Å². The third-order valence-electron chi connectivity index (χ3n) is 4.99. The van der Waals surface area contributed by atoms with E-state index in [0.717, 1.165) is 21.7 Å². The number of benzene rings is 2. The lowest BCUT2D eigenvalue weighted by atomic mass is 10.0. The lowest BCUT2D eigenvalue weighted by molar-refractivity contribution is 0.0696. The van der Waals surface area contributed by atoms with E-state index >= 15 is 0 Å². The van der Waals surface area contributed by atoms with Crippen LogP contribution in [0.3, 0.4) is 0 Å². The molecule has 2 heterocycles. The number of nitrogens with zero attached hydrogens (tertiary/aromatic N) is 2. The molecular weight excluding hydrogens is 422 g/mol. The number of hydrogen-bond acceptors (Lipinski definition) is 5. The van der Waals surface area contributed by atoms with Crippen molar-refractivity contribution >= 4 is 23.2 Å². The number of nitrogens with one attached hydrogen (secondary N) is 1. The molecule has 2 aromatic heterocycles. The van der Waals surface area contributed by atoms with Crippen LogP contribution in [-0.2, 0) is 6.54 Å². The number of carboxylic acid groups (broad SMARTS) is 1. The maximum Gasteiger partial charge on any atom is 0.335 e. The van der Waals surface area contributed by atoms with Gasteiger partial charge < -0.3 is 10.4 Å². The van der Waals surface area contributed by atoms with Crippen LogP contribution < -0.4 is 5.32 Å². The van der Waals surface area contributed by atoms with Crippen molar-refractivity contribution in [1.82, 2.24) is 15.3 Å². The number of aromatic nitrogens is 2. The van der Waals surface area contributed by atoms with Crippen molar-refractivity contribution in [3.8, 4) is 21.7 Å². The zero-order valence-corrected chi connectivity index (χ0v) is 18.4. The topological polar surface area (TPSA) is 92.2 Å². The van der Waals surface area contributed by atoms with E-state index in [1.807, 2.05) is 56.3 Å². The van der Waals surface area contributed by atoms with E-state index in [9.17, 15) is 14.7 Å². The van der Waals surface area contributed by atoms with Gasteiger partial charge in [0.2, 0.25) is 0 Å². The molecule has 32 heavy (non-hydrogen) atoms. The molecule has 0 saturated heterocycles. The zero-order chi connectivity index (χ0) is 22.7. The van der Waals surface area contributed by atoms with Crippen molar-refractivity contribution in [2.24, 2.45) is 0 Å². The van der Waals surface area contributed by atoms with Crippen molar-refractivity contribution in [2.75, 3.05) is 0 Å². The second-order valence-electron chi connectivity index (χ2n) is 7.40. The quantitative estimate of drug-likeness (QED) is 0.432. The lowest BCUT2D eigenvalue weighted by Gasteiger charge is -2.07. The van der Waals surface area contributed by atoms with Crippen LogP contribution in [0.5, 0.6) is 0 Å². The molecule has 2 N–H and O–H groups in total. The van der Waals surface area contributed by atoms with Crippen LogP contribution >= 0.6 is 11.3 Å². The molecule has 0 saturated carbocycles. The van der Waals surface area contributed by atoms with Gasteiger partial charge in [0.1, 0.15) is 9.88 Å². The Morgan fingerprint density at radius 3 is 2.47 bits per heavy atom. The fourth-order valence-electron chi connectivity index (χ4n) is 3.26. The van der Waals surface area contributed by atoms with E-state index in [2.05, 4.69) is 15.3 Å². The second-order valence-corrected chi connectivity index (χ2v) is 8.40. The minimum Gasteiger partial charge on any atom is -0.478 e. The summed E-state index contributed by atoms with van der Waals surface area (Å²) in [6.45, 7) is 4.11. The molecule has 0 aliphatic heterocycles. The Bertz CT molecular complexity index is 1300. The van der Waals surface area contributed by atoms with Gasteiger partial charge in [-0.15, -0.1) is 11.3 Å². The standard InChI is InChI=1S/C25H21N3O3S/c1-15-6-8-17(9-7-15)24-28-16(2)22(32-24)23(29)27-14-21-13-19(10-11-26-21)18-4-3-5-20(12-18)25(30)31/h3-13H,14H2,1-2H3,(H,27,29)(H,30,31). The third kappa shape index (κ3) is 4.73. The van der Waals surface area contributed by atoms with E-state index in [0.29, 0.717) is 16.3 Å². The second kappa shape index (κ2) is 9.11. The summed E-state index contributed by atoms with van der Waals surface area (Å²) in [5.41, 5.74) is 5.36. The smallest absolute Gasteiger partial charge is 0.335 e. The van der Waals surface area contributed by atoms with E-state index in [4.69, 9.17) is 0 Å². The van der Waals surface area contributed by atoms with Crippen LogP contribution in [0.2, 0.25) is 0 Å². The van der Waals surface area contributed by atoms with Gasteiger partial charge in [-0.3, -0.25) is 9.78 Å². The normalized spacial score (nSPS) is 10.7. The number of aromatic carboxylic acids is 1. The first kappa shape index (κ1) is 21.4. The van der Waals surface area contributed by atoms with Gasteiger partial charge in [-0.05, 0) is 49.2 Å². The molecule has 2 aromatic carbocycles. The highest BCUT2D eigenvalue weighted by atomic mass is 32.1. The number of rotatable bonds is 6. The molecule has 6 nitrogen and oxygen atoms in total. The number of carbonyl (C=O) groups excluding carboxylic acids is 1. The number of carbonyl (C=O) groups is 2. The molecule has 4 aromatic rings. The molecule has 0 radical (unpaired) electrons. The van der Waals surface area contributed by atoms with E-state index in [-0.39, 0.29) is 18.0 Å². The zero-order valence-electron chi connectivity index (χ0n) is 17.6. The van der Waals surface area contributed by atoms with Gasteiger partial charge in [-0.25, -0.2) is 9.78 Å². The maximum absolute atomic E-state index is 12.8. The van der Waals surface area contributed by atoms with Crippen LogP contribution in [-0.4, -0.2) is 27.0 Å². The minimum atomic E-state index is -0.974. The first-order valence-corrected chi connectivity index (χ1v) is 10.8. The lowest BCUT2D eigenvalue weighted by Crippen LogP contribution is -2.23. The summed E-state index contributed by atoms with van der Waals surface area (Å²) in [6, 6.07) is 18.4. The largest absolute Gasteiger partial charge is 0.478 e. The highest BCUT2D eigenvalue weighted by Gasteiger charge is 2.16. The summed E-state index contributed by atoms with van der Waals surface area (Å²) in [7, 11) is 0. The molecule has 0 fully saturated rings. The number of carboxylic acids is 1. The third-order valence-corrected chi connectivity index (χ3v) is 6.20. The van der Waals surface area contributed by atoms with Crippen LogP contribution in [0.4, 0.5) is 0 Å². The fraction of sp³-hybridized carbons (Fsp3) is 0.120. The Labute approximate surface area is 189 Å². The Hall–Kier alpha value is -3.84. The van der Waals surface area contributed by atoms with E-state index in [1.165, 1.54) is 16.9 Å². The summed E-state index contributed by atoms with van der Waals surface area (Å²) in [6.07, 6.45) is 1.65. The van der Waals surface area contributed by atoms with Gasteiger partial charge in [-0.1, -0.05) is 42.0 Å². The molecule has 0 atom stereocenters. The fourth-order valence-corrected chi connectivity index (χ4v) is 4.25. The summed E-state index contributed by atoms with van der Waals surface area (Å²) in [4.78, 5) is 33.5. The number of amides is 1. The summed E-state index contributed by atoms with van der Waals surface area (Å²) in [5, 5.41) is 12.9. The Balaban J connectivity index is 1.48. The van der Waals surface area contributed by atoms with Gasteiger partial charge in [0.15, 0.2) is 0 Å². The number of thiazole rings is 1. The highest BCUT2D eigenvalue weighted by Crippen LogP contribution is 2.28. The van der Waals surface area contributed by atoms with Crippen LogP contribution in [0.25, 0.3) is 21.7 Å². The molecule has 0 spiro atoms. The van der Waals surface area contributed by atoms with Gasteiger partial charge in [-0.2, -0.15) is 0 Å². The van der Waals surface area contributed by atoms with Gasteiger partial charge in [0.05, 0.1) is 23.5 Å². The van der Waals surface area contributed by atoms with E-state index in [1.54, 1.807) is 24.4 Å². The minimum absolute atomic E-state index is 0.196. The molecule has 4 rings (SSSR count). The van der Waals surface area contributed by atoms with Crippen LogP contribution in [0.15, 0.2) is 66.9 Å². The molecule has 0 aliphatic rings. The van der Waals surface area contributed by atoms with E-state index < -0.39 is 5.97 Å².